The summed E-state index contributed by atoms with van der Waals surface area (Å²) < 4.78 is 28.2. The molecule has 0 spiro atoms. The van der Waals surface area contributed by atoms with E-state index in [1.54, 1.807) is 25.1 Å². The molecule has 2 nitrogen and oxygen atoms in total. The molecule has 4 heteroatoms. The van der Waals surface area contributed by atoms with Gasteiger partial charge in [0, 0.05) is 11.3 Å². The molecule has 1 aromatic heterocycles. The average molecular weight is 272 g/mol. The van der Waals surface area contributed by atoms with Gasteiger partial charge in [0.1, 0.15) is 17.4 Å². The van der Waals surface area contributed by atoms with Gasteiger partial charge < -0.3 is 0 Å². The number of rotatable bonds is 3. The van der Waals surface area contributed by atoms with Crippen LogP contribution in [0.15, 0.2) is 24.3 Å². The number of aryl methyl sites for hydroxylation is 2. The molecule has 0 bridgehead atoms. The van der Waals surface area contributed by atoms with Crippen molar-refractivity contribution in [1.29, 1.82) is 5.26 Å². The lowest BCUT2D eigenvalue weighted by molar-refractivity contribution is 0.569. The van der Waals surface area contributed by atoms with E-state index in [1.807, 2.05) is 13.0 Å². The van der Waals surface area contributed by atoms with Gasteiger partial charge in [-0.2, -0.15) is 5.26 Å². The summed E-state index contributed by atoms with van der Waals surface area (Å²) in [7, 11) is 0. The van der Waals surface area contributed by atoms with Crippen LogP contribution in [0.1, 0.15) is 30.7 Å². The zero-order valence-corrected chi connectivity index (χ0v) is 11.4. The van der Waals surface area contributed by atoms with E-state index in [0.29, 0.717) is 17.7 Å². The lowest BCUT2D eigenvalue weighted by atomic mass is 10.00. The summed E-state index contributed by atoms with van der Waals surface area (Å²) in [6.45, 7) is 3.71. The van der Waals surface area contributed by atoms with Crippen LogP contribution in [-0.2, 0) is 12.8 Å². The standard InChI is InChI=1S/C16H14F2N2/c1-3-10-8-12(16(18)13(9-19)15(10)17)14-7-5-6-11(4-2)20-14/h5-8H,3-4H2,1-2H3. The molecule has 0 aliphatic rings. The summed E-state index contributed by atoms with van der Waals surface area (Å²) in [5, 5.41) is 8.94. The molecule has 1 aromatic carbocycles. The molecule has 0 saturated carbocycles. The Morgan fingerprint density at radius 2 is 1.90 bits per heavy atom. The lowest BCUT2D eigenvalue weighted by Gasteiger charge is -2.10. The van der Waals surface area contributed by atoms with Crippen LogP contribution in [0.4, 0.5) is 8.78 Å². The number of aromatic nitrogens is 1. The van der Waals surface area contributed by atoms with Crippen molar-refractivity contribution in [1.82, 2.24) is 4.98 Å². The summed E-state index contributed by atoms with van der Waals surface area (Å²) in [5.74, 6) is -1.62. The molecule has 1 heterocycles. The number of nitriles is 1. The van der Waals surface area contributed by atoms with Crippen molar-refractivity contribution in [2.45, 2.75) is 26.7 Å². The van der Waals surface area contributed by atoms with Crippen molar-refractivity contribution >= 4 is 0 Å². The maximum Gasteiger partial charge on any atom is 0.153 e. The Kier molecular flexibility index (Phi) is 4.09. The smallest absolute Gasteiger partial charge is 0.153 e. The highest BCUT2D eigenvalue weighted by atomic mass is 19.1. The van der Waals surface area contributed by atoms with Crippen LogP contribution in [0.5, 0.6) is 0 Å². The molecule has 0 amide bonds. The second-order valence-electron chi connectivity index (χ2n) is 4.42. The van der Waals surface area contributed by atoms with Crippen LogP contribution in [-0.4, -0.2) is 4.98 Å². The maximum atomic E-state index is 14.3. The Hall–Kier alpha value is -2.28. The fraction of sp³-hybridized carbons (Fsp3) is 0.250. The van der Waals surface area contributed by atoms with Crippen molar-refractivity contribution in [2.75, 3.05) is 0 Å². The van der Waals surface area contributed by atoms with E-state index >= 15 is 0 Å². The maximum absolute atomic E-state index is 14.3. The van der Waals surface area contributed by atoms with Gasteiger partial charge >= 0.3 is 0 Å². The third kappa shape index (κ3) is 2.39. The van der Waals surface area contributed by atoms with Crippen LogP contribution in [0.25, 0.3) is 11.3 Å². The molecule has 0 unspecified atom stereocenters. The van der Waals surface area contributed by atoms with Gasteiger partial charge in [-0.3, -0.25) is 4.98 Å². The van der Waals surface area contributed by atoms with Crippen molar-refractivity contribution < 1.29 is 8.78 Å². The second kappa shape index (κ2) is 5.79. The van der Waals surface area contributed by atoms with E-state index in [0.717, 1.165) is 12.1 Å². The van der Waals surface area contributed by atoms with Crippen LogP contribution in [0, 0.1) is 23.0 Å². The van der Waals surface area contributed by atoms with Crippen molar-refractivity contribution in [3.63, 3.8) is 0 Å². The second-order valence-corrected chi connectivity index (χ2v) is 4.42. The van der Waals surface area contributed by atoms with Crippen molar-refractivity contribution in [3.05, 3.63) is 52.7 Å². The normalized spacial score (nSPS) is 10.3. The first-order valence-corrected chi connectivity index (χ1v) is 6.49. The number of hydrogen-bond acceptors (Lipinski definition) is 2. The fourth-order valence-corrected chi connectivity index (χ4v) is 2.06. The molecule has 0 N–H and O–H groups in total. The largest absolute Gasteiger partial charge is 0.253 e. The first kappa shape index (κ1) is 14.1. The van der Waals surface area contributed by atoms with E-state index in [4.69, 9.17) is 5.26 Å². The van der Waals surface area contributed by atoms with Crippen molar-refractivity contribution in [3.8, 4) is 17.3 Å². The Labute approximate surface area is 116 Å². The third-order valence-electron chi connectivity index (χ3n) is 3.21. The van der Waals surface area contributed by atoms with E-state index in [2.05, 4.69) is 4.98 Å². The molecule has 0 atom stereocenters. The van der Waals surface area contributed by atoms with Gasteiger partial charge in [-0.25, -0.2) is 8.78 Å². The van der Waals surface area contributed by atoms with Gasteiger partial charge in [0.25, 0.3) is 0 Å². The Morgan fingerprint density at radius 3 is 2.50 bits per heavy atom. The van der Waals surface area contributed by atoms with Crippen LogP contribution in [0.3, 0.4) is 0 Å². The molecule has 0 radical (unpaired) electrons. The highest BCUT2D eigenvalue weighted by Gasteiger charge is 2.19. The minimum atomic E-state index is -0.844. The molecular weight excluding hydrogens is 258 g/mol. The Bertz CT molecular complexity index is 688. The zero-order chi connectivity index (χ0) is 14.7. The lowest BCUT2D eigenvalue weighted by Crippen LogP contribution is -2.01. The molecule has 0 aliphatic carbocycles. The van der Waals surface area contributed by atoms with E-state index < -0.39 is 17.2 Å². The molecule has 2 rings (SSSR count). The summed E-state index contributed by atoms with van der Waals surface area (Å²) >= 11 is 0. The van der Waals surface area contributed by atoms with Gasteiger partial charge in [-0.15, -0.1) is 0 Å². The van der Waals surface area contributed by atoms with E-state index in [-0.39, 0.29) is 5.56 Å². The molecule has 0 saturated heterocycles. The van der Waals surface area contributed by atoms with Crippen LogP contribution >= 0.6 is 0 Å². The number of benzene rings is 1. The molecule has 102 valence electrons. The highest BCUT2D eigenvalue weighted by Crippen LogP contribution is 2.28. The zero-order valence-electron chi connectivity index (χ0n) is 11.4. The van der Waals surface area contributed by atoms with Gasteiger partial charge in [-0.1, -0.05) is 19.9 Å². The first-order valence-electron chi connectivity index (χ1n) is 6.49. The molecular formula is C16H14F2N2. The number of halogens is 2. The monoisotopic (exact) mass is 272 g/mol. The van der Waals surface area contributed by atoms with Crippen LogP contribution in [0.2, 0.25) is 0 Å². The molecule has 20 heavy (non-hydrogen) atoms. The summed E-state index contributed by atoms with van der Waals surface area (Å²) in [6.07, 6.45) is 1.11. The molecule has 0 aliphatic heterocycles. The topological polar surface area (TPSA) is 36.7 Å². The Balaban J connectivity index is 2.71. The van der Waals surface area contributed by atoms with Crippen LogP contribution < -0.4 is 0 Å². The quantitative estimate of drug-likeness (QED) is 0.846. The van der Waals surface area contributed by atoms with Gasteiger partial charge in [-0.05, 0) is 36.6 Å². The first-order chi connectivity index (χ1) is 9.62. The predicted octanol–water partition coefficient (Wildman–Crippen LogP) is 4.02. The average Bonchev–Trinajstić information content (AvgIpc) is 2.48. The summed E-state index contributed by atoms with van der Waals surface area (Å²) in [4.78, 5) is 4.33. The van der Waals surface area contributed by atoms with Gasteiger partial charge in [0.15, 0.2) is 5.82 Å². The predicted molar refractivity (Wildman–Crippen MR) is 73.1 cm³/mol. The van der Waals surface area contributed by atoms with Gasteiger partial charge in [0.2, 0.25) is 0 Å². The number of pyridine rings is 1. The minimum absolute atomic E-state index is 0.176. The Morgan fingerprint density at radius 1 is 1.15 bits per heavy atom. The van der Waals surface area contributed by atoms with E-state index in [1.165, 1.54) is 6.07 Å². The highest BCUT2D eigenvalue weighted by molar-refractivity contribution is 5.64. The third-order valence-corrected chi connectivity index (χ3v) is 3.21. The number of nitrogens with zero attached hydrogens (tertiary/aromatic N) is 2. The SMILES string of the molecule is CCc1cccc(-c2cc(CC)c(F)c(C#N)c2F)n1. The summed E-state index contributed by atoms with van der Waals surface area (Å²) in [6, 6.07) is 8.32. The molecule has 2 aromatic rings. The molecule has 0 fully saturated rings. The van der Waals surface area contributed by atoms with Crippen molar-refractivity contribution in [2.24, 2.45) is 0 Å². The number of hydrogen-bond donors (Lipinski definition) is 0. The van der Waals surface area contributed by atoms with E-state index in [9.17, 15) is 8.78 Å². The minimum Gasteiger partial charge on any atom is -0.253 e. The fourth-order valence-electron chi connectivity index (χ4n) is 2.06. The van der Waals surface area contributed by atoms with Gasteiger partial charge in [0.05, 0.1) is 5.69 Å². The summed E-state index contributed by atoms with van der Waals surface area (Å²) in [5.41, 5.74) is 1.20.